The second-order valence-corrected chi connectivity index (χ2v) is 5.12. The van der Waals surface area contributed by atoms with Gasteiger partial charge in [-0.25, -0.2) is 4.98 Å². The van der Waals surface area contributed by atoms with E-state index in [2.05, 4.69) is 31.7 Å². The van der Waals surface area contributed by atoms with Crippen molar-refractivity contribution < 1.29 is 0 Å². The fourth-order valence-electron chi connectivity index (χ4n) is 2.64. The number of hydrogen-bond acceptors (Lipinski definition) is 1. The SMILES string of the molecule is CC(C)c1nc(C2CCCCC2)cn1C. The van der Waals surface area contributed by atoms with Crippen LogP contribution in [0, 0.1) is 0 Å². The monoisotopic (exact) mass is 206 g/mol. The van der Waals surface area contributed by atoms with E-state index in [0.29, 0.717) is 5.92 Å². The molecule has 84 valence electrons. The lowest BCUT2D eigenvalue weighted by Crippen LogP contribution is -2.05. The van der Waals surface area contributed by atoms with Crippen LogP contribution >= 0.6 is 0 Å². The van der Waals surface area contributed by atoms with Crippen LogP contribution in [0.25, 0.3) is 0 Å². The molecule has 1 aromatic rings. The molecule has 2 heteroatoms. The maximum absolute atomic E-state index is 4.80. The van der Waals surface area contributed by atoms with E-state index in [4.69, 9.17) is 4.98 Å². The van der Waals surface area contributed by atoms with Gasteiger partial charge in [0.25, 0.3) is 0 Å². The Balaban J connectivity index is 2.17. The van der Waals surface area contributed by atoms with Gasteiger partial charge in [-0.3, -0.25) is 0 Å². The summed E-state index contributed by atoms with van der Waals surface area (Å²) >= 11 is 0. The summed E-state index contributed by atoms with van der Waals surface area (Å²) in [5, 5.41) is 0. The third-order valence-corrected chi connectivity index (χ3v) is 3.47. The topological polar surface area (TPSA) is 17.8 Å². The fraction of sp³-hybridized carbons (Fsp3) is 0.769. The van der Waals surface area contributed by atoms with Crippen LogP contribution in [0.2, 0.25) is 0 Å². The minimum atomic E-state index is 0.535. The summed E-state index contributed by atoms with van der Waals surface area (Å²) in [7, 11) is 2.12. The largest absolute Gasteiger partial charge is 0.337 e. The molecule has 0 amide bonds. The first-order chi connectivity index (χ1) is 7.18. The molecule has 15 heavy (non-hydrogen) atoms. The Morgan fingerprint density at radius 3 is 2.47 bits per heavy atom. The van der Waals surface area contributed by atoms with Crippen molar-refractivity contribution in [3.05, 3.63) is 17.7 Å². The molecule has 1 heterocycles. The van der Waals surface area contributed by atoms with E-state index in [1.54, 1.807) is 0 Å². The van der Waals surface area contributed by atoms with Gasteiger partial charge in [-0.2, -0.15) is 0 Å². The summed E-state index contributed by atoms with van der Waals surface area (Å²) in [6, 6.07) is 0. The maximum atomic E-state index is 4.80. The zero-order chi connectivity index (χ0) is 10.8. The summed E-state index contributed by atoms with van der Waals surface area (Å²) in [6.07, 6.45) is 9.12. The van der Waals surface area contributed by atoms with E-state index in [9.17, 15) is 0 Å². The molecule has 1 aromatic heterocycles. The normalized spacial score (nSPS) is 18.7. The highest BCUT2D eigenvalue weighted by atomic mass is 15.1. The Morgan fingerprint density at radius 2 is 1.93 bits per heavy atom. The molecule has 0 radical (unpaired) electrons. The second-order valence-electron chi connectivity index (χ2n) is 5.12. The Morgan fingerprint density at radius 1 is 1.27 bits per heavy atom. The first-order valence-electron chi connectivity index (χ1n) is 6.21. The molecule has 0 saturated heterocycles. The van der Waals surface area contributed by atoms with Gasteiger partial charge in [-0.15, -0.1) is 0 Å². The third-order valence-electron chi connectivity index (χ3n) is 3.47. The molecular weight excluding hydrogens is 184 g/mol. The van der Waals surface area contributed by atoms with Crippen LogP contribution < -0.4 is 0 Å². The minimum absolute atomic E-state index is 0.535. The lowest BCUT2D eigenvalue weighted by Gasteiger charge is -2.19. The Hall–Kier alpha value is -0.790. The smallest absolute Gasteiger partial charge is 0.111 e. The number of hydrogen-bond donors (Lipinski definition) is 0. The van der Waals surface area contributed by atoms with Crippen LogP contribution in [0.4, 0.5) is 0 Å². The first-order valence-corrected chi connectivity index (χ1v) is 6.21. The van der Waals surface area contributed by atoms with Crippen molar-refractivity contribution in [2.75, 3.05) is 0 Å². The summed E-state index contributed by atoms with van der Waals surface area (Å²) in [6.45, 7) is 4.43. The highest BCUT2D eigenvalue weighted by Gasteiger charge is 2.19. The minimum Gasteiger partial charge on any atom is -0.337 e. The van der Waals surface area contributed by atoms with Crippen LogP contribution in [0.5, 0.6) is 0 Å². The highest BCUT2D eigenvalue weighted by Crippen LogP contribution is 2.32. The lowest BCUT2D eigenvalue weighted by molar-refractivity contribution is 0.437. The molecule has 0 atom stereocenters. The van der Waals surface area contributed by atoms with Crippen LogP contribution in [0.1, 0.15) is 69.3 Å². The Kier molecular flexibility index (Phi) is 3.13. The molecule has 2 nitrogen and oxygen atoms in total. The fourth-order valence-corrected chi connectivity index (χ4v) is 2.64. The zero-order valence-corrected chi connectivity index (χ0v) is 10.2. The summed E-state index contributed by atoms with van der Waals surface area (Å²) in [4.78, 5) is 4.80. The van der Waals surface area contributed by atoms with Gasteiger partial charge >= 0.3 is 0 Å². The van der Waals surface area contributed by atoms with Gasteiger partial charge in [0.05, 0.1) is 5.69 Å². The highest BCUT2D eigenvalue weighted by molar-refractivity contribution is 5.12. The zero-order valence-electron chi connectivity index (χ0n) is 10.2. The van der Waals surface area contributed by atoms with Gasteiger partial charge in [0.1, 0.15) is 5.82 Å². The molecule has 0 spiro atoms. The molecule has 1 fully saturated rings. The molecule has 1 aliphatic carbocycles. The van der Waals surface area contributed by atoms with E-state index in [1.165, 1.54) is 43.6 Å². The number of aryl methyl sites for hydroxylation is 1. The van der Waals surface area contributed by atoms with E-state index < -0.39 is 0 Å². The van der Waals surface area contributed by atoms with Gasteiger partial charge in [0.2, 0.25) is 0 Å². The summed E-state index contributed by atoms with van der Waals surface area (Å²) in [5.74, 6) is 2.50. The van der Waals surface area contributed by atoms with E-state index in [-0.39, 0.29) is 0 Å². The van der Waals surface area contributed by atoms with Crippen molar-refractivity contribution in [1.29, 1.82) is 0 Å². The molecule has 0 N–H and O–H groups in total. The van der Waals surface area contributed by atoms with Crippen molar-refractivity contribution in [1.82, 2.24) is 9.55 Å². The average Bonchev–Trinajstić information content (AvgIpc) is 2.62. The van der Waals surface area contributed by atoms with Gasteiger partial charge in [0, 0.05) is 25.1 Å². The van der Waals surface area contributed by atoms with E-state index in [0.717, 1.165) is 5.92 Å². The third kappa shape index (κ3) is 2.24. The molecule has 2 rings (SSSR count). The molecule has 0 aliphatic heterocycles. The molecule has 0 aromatic carbocycles. The van der Waals surface area contributed by atoms with Gasteiger partial charge in [-0.05, 0) is 12.8 Å². The second kappa shape index (κ2) is 4.38. The molecule has 1 aliphatic rings. The first kappa shape index (κ1) is 10.7. The maximum Gasteiger partial charge on any atom is 0.111 e. The number of rotatable bonds is 2. The van der Waals surface area contributed by atoms with Crippen molar-refractivity contribution >= 4 is 0 Å². The number of imidazole rings is 1. The van der Waals surface area contributed by atoms with Crippen molar-refractivity contribution in [2.24, 2.45) is 7.05 Å². The summed E-state index contributed by atoms with van der Waals surface area (Å²) in [5.41, 5.74) is 1.33. The lowest BCUT2D eigenvalue weighted by atomic mass is 9.87. The van der Waals surface area contributed by atoms with Gasteiger partial charge in [-0.1, -0.05) is 33.1 Å². The Labute approximate surface area is 92.7 Å². The van der Waals surface area contributed by atoms with Gasteiger partial charge < -0.3 is 4.57 Å². The van der Waals surface area contributed by atoms with Crippen LogP contribution in [-0.2, 0) is 7.05 Å². The molecule has 0 unspecified atom stereocenters. The van der Waals surface area contributed by atoms with Crippen molar-refractivity contribution in [3.63, 3.8) is 0 Å². The quantitative estimate of drug-likeness (QED) is 0.723. The number of aromatic nitrogens is 2. The molecule has 0 bridgehead atoms. The van der Waals surface area contributed by atoms with Gasteiger partial charge in [0.15, 0.2) is 0 Å². The molecular formula is C13H22N2. The Bertz CT molecular complexity index is 319. The standard InChI is InChI=1S/C13H22N2/c1-10(2)13-14-12(9-15(13)3)11-7-5-4-6-8-11/h9-11H,4-8H2,1-3H3. The summed E-state index contributed by atoms with van der Waals surface area (Å²) < 4.78 is 2.20. The predicted octanol–water partition coefficient (Wildman–Crippen LogP) is 3.59. The van der Waals surface area contributed by atoms with Crippen molar-refractivity contribution in [2.45, 2.75) is 57.8 Å². The average molecular weight is 206 g/mol. The van der Waals surface area contributed by atoms with E-state index in [1.807, 2.05) is 0 Å². The van der Waals surface area contributed by atoms with Crippen LogP contribution in [0.3, 0.4) is 0 Å². The predicted molar refractivity (Wildman–Crippen MR) is 63.1 cm³/mol. The molecule has 1 saturated carbocycles. The number of nitrogens with zero attached hydrogens (tertiary/aromatic N) is 2. The van der Waals surface area contributed by atoms with Crippen LogP contribution in [0.15, 0.2) is 6.20 Å². The van der Waals surface area contributed by atoms with E-state index >= 15 is 0 Å². The van der Waals surface area contributed by atoms with Crippen LogP contribution in [-0.4, -0.2) is 9.55 Å². The van der Waals surface area contributed by atoms with Crippen molar-refractivity contribution in [3.8, 4) is 0 Å².